The van der Waals surface area contributed by atoms with E-state index in [1.807, 2.05) is 6.92 Å². The summed E-state index contributed by atoms with van der Waals surface area (Å²) in [6.07, 6.45) is 3.05. The molecule has 2 heterocycles. The molecule has 1 aromatic heterocycles. The normalized spacial score (nSPS) is 15.5. The second-order valence-electron chi connectivity index (χ2n) is 6.05. The molecule has 0 aliphatic carbocycles. The van der Waals surface area contributed by atoms with Crippen LogP contribution >= 0.6 is 11.8 Å². The van der Waals surface area contributed by atoms with Crippen LogP contribution in [0.15, 0.2) is 45.7 Å². The zero-order chi connectivity index (χ0) is 20.1. The monoisotopic (exact) mass is 403 g/mol. The van der Waals surface area contributed by atoms with Gasteiger partial charge in [0.05, 0.1) is 11.5 Å². The zero-order valence-electron chi connectivity index (χ0n) is 15.1. The van der Waals surface area contributed by atoms with Gasteiger partial charge < -0.3 is 9.15 Å². The number of unbranched alkanes of at least 4 members (excludes halogenated alkanes) is 1. The number of benzene rings is 1. The lowest BCUT2D eigenvalue weighted by Gasteiger charge is -2.11. The Morgan fingerprint density at radius 1 is 1.21 bits per heavy atom. The highest BCUT2D eigenvalue weighted by Crippen LogP contribution is 2.33. The second kappa shape index (κ2) is 8.88. The van der Waals surface area contributed by atoms with Crippen molar-refractivity contribution in [2.45, 2.75) is 19.8 Å². The lowest BCUT2D eigenvalue weighted by molar-refractivity contribution is -0.146. The van der Waals surface area contributed by atoms with Crippen molar-refractivity contribution in [1.29, 1.82) is 0 Å². The molecule has 0 atom stereocenters. The summed E-state index contributed by atoms with van der Waals surface area (Å²) >= 11 is 0.735. The number of carbonyl (C=O) groups excluding carboxylic acids is 3. The molecule has 1 aliphatic rings. The molecule has 8 heteroatoms. The van der Waals surface area contributed by atoms with Gasteiger partial charge in [-0.2, -0.15) is 0 Å². The molecule has 0 N–H and O–H groups in total. The van der Waals surface area contributed by atoms with Crippen LogP contribution in [0, 0.1) is 5.82 Å². The number of thioether (sulfide) groups is 1. The van der Waals surface area contributed by atoms with E-state index in [-0.39, 0.29) is 17.3 Å². The molecule has 28 heavy (non-hydrogen) atoms. The topological polar surface area (TPSA) is 76.8 Å². The van der Waals surface area contributed by atoms with Crippen molar-refractivity contribution in [1.82, 2.24) is 4.90 Å². The number of amides is 2. The fraction of sp³-hybridized carbons (Fsp3) is 0.250. The van der Waals surface area contributed by atoms with E-state index in [1.54, 1.807) is 24.3 Å². The number of rotatable bonds is 7. The van der Waals surface area contributed by atoms with Crippen molar-refractivity contribution in [2.24, 2.45) is 0 Å². The third-order valence-electron chi connectivity index (χ3n) is 3.95. The maximum absolute atomic E-state index is 13.0. The summed E-state index contributed by atoms with van der Waals surface area (Å²) in [5, 5.41) is -0.533. The van der Waals surface area contributed by atoms with Crippen LogP contribution in [0.4, 0.5) is 9.18 Å². The fourth-order valence-corrected chi connectivity index (χ4v) is 3.29. The number of imide groups is 1. The van der Waals surface area contributed by atoms with Crippen molar-refractivity contribution in [2.75, 3.05) is 13.2 Å². The number of carbonyl (C=O) groups is 3. The Balaban J connectivity index is 1.68. The Labute approximate surface area is 165 Å². The Bertz CT molecular complexity index is 919. The quantitative estimate of drug-likeness (QED) is 0.386. The summed E-state index contributed by atoms with van der Waals surface area (Å²) < 4.78 is 23.7. The van der Waals surface area contributed by atoms with Gasteiger partial charge in [0.1, 0.15) is 23.9 Å². The van der Waals surface area contributed by atoms with E-state index in [1.165, 1.54) is 18.2 Å². The average Bonchev–Trinajstić information content (AvgIpc) is 3.23. The van der Waals surface area contributed by atoms with Crippen LogP contribution in [0.1, 0.15) is 25.5 Å². The van der Waals surface area contributed by atoms with E-state index < -0.39 is 23.7 Å². The van der Waals surface area contributed by atoms with Crippen LogP contribution in [0.5, 0.6) is 0 Å². The number of hydrogen-bond acceptors (Lipinski definition) is 6. The molecule has 0 saturated carbocycles. The lowest BCUT2D eigenvalue weighted by Crippen LogP contribution is -2.34. The first-order valence-electron chi connectivity index (χ1n) is 8.74. The van der Waals surface area contributed by atoms with Crippen molar-refractivity contribution in [3.8, 4) is 11.3 Å². The van der Waals surface area contributed by atoms with Gasteiger partial charge in [0, 0.05) is 11.6 Å². The first-order valence-corrected chi connectivity index (χ1v) is 9.56. The molecule has 0 unspecified atom stereocenters. The largest absolute Gasteiger partial charge is 0.464 e. The van der Waals surface area contributed by atoms with E-state index >= 15 is 0 Å². The van der Waals surface area contributed by atoms with Gasteiger partial charge in [-0.05, 0) is 54.6 Å². The van der Waals surface area contributed by atoms with Crippen molar-refractivity contribution >= 4 is 35.0 Å². The van der Waals surface area contributed by atoms with Crippen molar-refractivity contribution < 1.29 is 27.9 Å². The molecule has 0 spiro atoms. The molecule has 1 aliphatic heterocycles. The molecule has 1 fully saturated rings. The molecule has 146 valence electrons. The number of halogens is 1. The Morgan fingerprint density at radius 2 is 1.96 bits per heavy atom. The predicted octanol–water partition coefficient (Wildman–Crippen LogP) is 4.47. The summed E-state index contributed by atoms with van der Waals surface area (Å²) in [7, 11) is 0. The first kappa shape index (κ1) is 19.9. The first-order chi connectivity index (χ1) is 13.5. The number of hydrogen-bond donors (Lipinski definition) is 0. The molecule has 1 aromatic carbocycles. The Hall–Kier alpha value is -2.87. The van der Waals surface area contributed by atoms with E-state index in [0.29, 0.717) is 17.1 Å². The minimum Gasteiger partial charge on any atom is -0.464 e. The number of esters is 1. The van der Waals surface area contributed by atoms with Crippen LogP contribution in [-0.4, -0.2) is 35.2 Å². The lowest BCUT2D eigenvalue weighted by atomic mass is 10.2. The molecule has 2 amide bonds. The number of ether oxygens (including phenoxy) is 1. The van der Waals surface area contributed by atoms with Crippen LogP contribution in [0.25, 0.3) is 17.4 Å². The van der Waals surface area contributed by atoms with Gasteiger partial charge in [0.15, 0.2) is 0 Å². The molecular weight excluding hydrogens is 385 g/mol. The maximum atomic E-state index is 13.0. The minimum absolute atomic E-state index is 0.159. The third kappa shape index (κ3) is 4.69. The van der Waals surface area contributed by atoms with E-state index in [2.05, 4.69) is 0 Å². The summed E-state index contributed by atoms with van der Waals surface area (Å²) in [5.41, 5.74) is 0.684. The van der Waals surface area contributed by atoms with Gasteiger partial charge in [-0.1, -0.05) is 13.3 Å². The van der Waals surface area contributed by atoms with Crippen molar-refractivity contribution in [3.05, 3.63) is 52.9 Å². The summed E-state index contributed by atoms with van der Waals surface area (Å²) in [5.74, 6) is -0.659. The highest BCUT2D eigenvalue weighted by Gasteiger charge is 2.36. The van der Waals surface area contributed by atoms with E-state index in [4.69, 9.17) is 9.15 Å². The molecule has 0 bridgehead atoms. The van der Waals surface area contributed by atoms with Crippen molar-refractivity contribution in [3.63, 3.8) is 0 Å². The van der Waals surface area contributed by atoms with E-state index in [0.717, 1.165) is 29.5 Å². The molecule has 0 radical (unpaired) electrons. The number of furan rings is 1. The van der Waals surface area contributed by atoms with Gasteiger partial charge in [0.25, 0.3) is 11.1 Å². The van der Waals surface area contributed by atoms with Gasteiger partial charge in [-0.25, -0.2) is 4.39 Å². The van der Waals surface area contributed by atoms with E-state index in [9.17, 15) is 18.8 Å². The third-order valence-corrected chi connectivity index (χ3v) is 4.86. The van der Waals surface area contributed by atoms with Gasteiger partial charge in [0.2, 0.25) is 0 Å². The maximum Gasteiger partial charge on any atom is 0.326 e. The second-order valence-corrected chi connectivity index (χ2v) is 7.04. The van der Waals surface area contributed by atoms with Gasteiger partial charge in [-0.15, -0.1) is 0 Å². The van der Waals surface area contributed by atoms with Crippen LogP contribution in [0.2, 0.25) is 0 Å². The minimum atomic E-state index is -0.617. The van der Waals surface area contributed by atoms with Crippen LogP contribution < -0.4 is 0 Å². The molecule has 6 nitrogen and oxygen atoms in total. The average molecular weight is 403 g/mol. The zero-order valence-corrected chi connectivity index (χ0v) is 16.0. The van der Waals surface area contributed by atoms with Gasteiger partial charge in [-0.3, -0.25) is 19.3 Å². The molecule has 1 saturated heterocycles. The molecule has 3 rings (SSSR count). The highest BCUT2D eigenvalue weighted by atomic mass is 32.2. The summed E-state index contributed by atoms with van der Waals surface area (Å²) in [6.45, 7) is 1.82. The standard InChI is InChI=1S/C20H18FNO5S/c1-2-3-10-26-18(23)12-22-19(24)17(28-20(22)25)11-15-8-9-16(27-15)13-4-6-14(21)7-5-13/h4-9,11H,2-3,10,12H2,1H3/b17-11-. The van der Waals surface area contributed by atoms with Crippen LogP contribution in [-0.2, 0) is 14.3 Å². The SMILES string of the molecule is CCCCOC(=O)CN1C(=O)S/C(=C\c2ccc(-c3ccc(F)cc3)o2)C1=O. The summed E-state index contributed by atoms with van der Waals surface area (Å²) in [4.78, 5) is 37.3. The molecule has 2 aromatic rings. The van der Waals surface area contributed by atoms with Crippen LogP contribution in [0.3, 0.4) is 0 Å². The smallest absolute Gasteiger partial charge is 0.326 e. The predicted molar refractivity (Wildman–Crippen MR) is 103 cm³/mol. The number of nitrogens with zero attached hydrogens (tertiary/aromatic N) is 1. The van der Waals surface area contributed by atoms with Gasteiger partial charge >= 0.3 is 5.97 Å². The Kier molecular flexibility index (Phi) is 6.30. The fourth-order valence-electron chi connectivity index (χ4n) is 2.47. The Morgan fingerprint density at radius 3 is 2.68 bits per heavy atom. The molecular formula is C20H18FNO5S. The summed E-state index contributed by atoms with van der Waals surface area (Å²) in [6, 6.07) is 9.14. The highest BCUT2D eigenvalue weighted by molar-refractivity contribution is 8.18.